The Morgan fingerprint density at radius 3 is 2.94 bits per heavy atom. The van der Waals surface area contributed by atoms with E-state index >= 15 is 0 Å². The molecule has 18 heavy (non-hydrogen) atoms. The fourth-order valence-corrected chi connectivity index (χ4v) is 2.35. The second kappa shape index (κ2) is 5.05. The van der Waals surface area contributed by atoms with Crippen molar-refractivity contribution in [1.29, 1.82) is 0 Å². The number of hydrogen-bond acceptors (Lipinski definition) is 5. The van der Waals surface area contributed by atoms with Gasteiger partial charge in [-0.3, -0.25) is 4.79 Å². The molecule has 6 heteroatoms. The summed E-state index contributed by atoms with van der Waals surface area (Å²) >= 11 is 1.62. The van der Waals surface area contributed by atoms with Gasteiger partial charge in [0.1, 0.15) is 5.82 Å². The largest absolute Gasteiger partial charge is 0.397 e. The highest BCUT2D eigenvalue weighted by atomic mass is 32.1. The third-order valence-corrected chi connectivity index (χ3v) is 3.27. The van der Waals surface area contributed by atoms with Crippen molar-refractivity contribution >= 4 is 28.7 Å². The van der Waals surface area contributed by atoms with Gasteiger partial charge in [-0.1, -0.05) is 0 Å². The second-order valence-corrected chi connectivity index (χ2v) is 4.73. The first-order valence-electron chi connectivity index (χ1n) is 5.42. The number of thiophene rings is 1. The third kappa shape index (κ3) is 2.60. The third-order valence-electron chi connectivity index (χ3n) is 2.57. The van der Waals surface area contributed by atoms with E-state index in [1.54, 1.807) is 11.3 Å². The summed E-state index contributed by atoms with van der Waals surface area (Å²) in [6.07, 6.45) is 1.50. The van der Waals surface area contributed by atoms with Gasteiger partial charge in [0.05, 0.1) is 23.5 Å². The highest BCUT2D eigenvalue weighted by Crippen LogP contribution is 2.23. The van der Waals surface area contributed by atoms with Gasteiger partial charge >= 0.3 is 0 Å². The van der Waals surface area contributed by atoms with E-state index in [4.69, 9.17) is 11.5 Å². The fourth-order valence-electron chi connectivity index (χ4n) is 1.59. The van der Waals surface area contributed by atoms with Crippen LogP contribution in [0, 0.1) is 0 Å². The molecule has 0 bridgehead atoms. The van der Waals surface area contributed by atoms with E-state index in [1.807, 2.05) is 23.8 Å². The van der Waals surface area contributed by atoms with Crippen molar-refractivity contribution in [2.45, 2.75) is 13.0 Å². The molecular weight excluding hydrogens is 248 g/mol. The zero-order valence-electron chi connectivity index (χ0n) is 9.88. The number of nitrogen functional groups attached to an aromatic ring is 1. The van der Waals surface area contributed by atoms with Crippen molar-refractivity contribution in [3.63, 3.8) is 0 Å². The highest BCUT2D eigenvalue weighted by Gasteiger charge is 2.13. The first-order valence-corrected chi connectivity index (χ1v) is 6.36. The van der Waals surface area contributed by atoms with Crippen LogP contribution in [0.5, 0.6) is 0 Å². The quantitative estimate of drug-likeness (QED) is 0.785. The topological polar surface area (TPSA) is 94.0 Å². The number of nitrogens with zero attached hydrogens (tertiary/aromatic N) is 1. The smallest absolute Gasteiger partial charge is 0.252 e. The normalized spacial score (nSPS) is 12.1. The Balaban J connectivity index is 2.26. The van der Waals surface area contributed by atoms with Gasteiger partial charge in [-0.25, -0.2) is 4.98 Å². The summed E-state index contributed by atoms with van der Waals surface area (Å²) in [5.74, 6) is -0.0924. The predicted molar refractivity (Wildman–Crippen MR) is 73.5 cm³/mol. The number of primary amides is 1. The number of hydrogen-bond donors (Lipinski definition) is 3. The molecule has 5 N–H and O–H groups in total. The Morgan fingerprint density at radius 1 is 1.56 bits per heavy atom. The minimum atomic E-state index is -0.546. The van der Waals surface area contributed by atoms with Gasteiger partial charge in [-0.2, -0.15) is 11.3 Å². The van der Waals surface area contributed by atoms with E-state index in [1.165, 1.54) is 12.3 Å². The number of aromatic nitrogens is 1. The SMILES string of the molecule is CC(Nc1ncc(N)cc1C(N)=O)c1ccsc1. The number of pyridine rings is 1. The van der Waals surface area contributed by atoms with Crippen molar-refractivity contribution in [2.75, 3.05) is 11.1 Å². The van der Waals surface area contributed by atoms with Gasteiger partial charge < -0.3 is 16.8 Å². The molecule has 2 rings (SSSR count). The molecule has 0 aliphatic carbocycles. The maximum absolute atomic E-state index is 11.3. The molecule has 2 aromatic heterocycles. The molecule has 1 atom stereocenters. The molecular formula is C12H14N4OS. The van der Waals surface area contributed by atoms with Crippen LogP contribution >= 0.6 is 11.3 Å². The van der Waals surface area contributed by atoms with Gasteiger partial charge in [0.25, 0.3) is 5.91 Å². The Morgan fingerprint density at radius 2 is 2.33 bits per heavy atom. The van der Waals surface area contributed by atoms with E-state index in [0.717, 1.165) is 5.56 Å². The molecule has 0 aliphatic rings. The molecule has 1 amide bonds. The Kier molecular flexibility index (Phi) is 3.47. The summed E-state index contributed by atoms with van der Waals surface area (Å²) in [4.78, 5) is 15.4. The van der Waals surface area contributed by atoms with E-state index in [2.05, 4.69) is 10.3 Å². The number of amides is 1. The lowest BCUT2D eigenvalue weighted by Crippen LogP contribution is -2.17. The molecule has 0 aliphatic heterocycles. The second-order valence-electron chi connectivity index (χ2n) is 3.95. The molecule has 5 nitrogen and oxygen atoms in total. The Bertz CT molecular complexity index is 553. The van der Waals surface area contributed by atoms with E-state index in [-0.39, 0.29) is 6.04 Å². The first kappa shape index (κ1) is 12.4. The fraction of sp³-hybridized carbons (Fsp3) is 0.167. The first-order chi connectivity index (χ1) is 8.58. The van der Waals surface area contributed by atoms with Crippen LogP contribution in [-0.2, 0) is 0 Å². The molecule has 0 fully saturated rings. The van der Waals surface area contributed by atoms with E-state index in [9.17, 15) is 4.79 Å². The lowest BCUT2D eigenvalue weighted by atomic mass is 10.1. The van der Waals surface area contributed by atoms with Gasteiger partial charge in [0.2, 0.25) is 0 Å². The predicted octanol–water partition coefficient (Wildman–Crippen LogP) is 2.00. The molecule has 0 saturated carbocycles. The van der Waals surface area contributed by atoms with Crippen LogP contribution in [0.3, 0.4) is 0 Å². The number of carbonyl (C=O) groups excluding carboxylic acids is 1. The minimum absolute atomic E-state index is 0.0467. The van der Waals surface area contributed by atoms with E-state index in [0.29, 0.717) is 17.1 Å². The van der Waals surface area contributed by atoms with Crippen LogP contribution in [0.1, 0.15) is 28.9 Å². The summed E-state index contributed by atoms with van der Waals surface area (Å²) in [6.45, 7) is 1.99. The summed E-state index contributed by atoms with van der Waals surface area (Å²) < 4.78 is 0. The average Bonchev–Trinajstić information content (AvgIpc) is 2.84. The van der Waals surface area contributed by atoms with Gasteiger partial charge in [-0.05, 0) is 35.4 Å². The van der Waals surface area contributed by atoms with Gasteiger partial charge in [0, 0.05) is 0 Å². The number of anilines is 2. The standard InChI is InChI=1S/C12H14N4OS/c1-7(8-2-3-18-6-8)16-12-10(11(14)17)4-9(13)5-15-12/h2-7H,13H2,1H3,(H2,14,17)(H,15,16). The number of nitrogens with one attached hydrogen (secondary N) is 1. The van der Waals surface area contributed by atoms with Crippen LogP contribution in [0.4, 0.5) is 11.5 Å². The summed E-state index contributed by atoms with van der Waals surface area (Å²) in [6, 6.07) is 3.59. The molecule has 0 aromatic carbocycles. The Labute approximate surface area is 109 Å². The summed E-state index contributed by atoms with van der Waals surface area (Å²) in [5.41, 5.74) is 12.8. The van der Waals surface area contributed by atoms with Crippen LogP contribution in [0.15, 0.2) is 29.1 Å². The molecule has 1 unspecified atom stereocenters. The van der Waals surface area contributed by atoms with Crippen molar-refractivity contribution < 1.29 is 4.79 Å². The van der Waals surface area contributed by atoms with Crippen molar-refractivity contribution in [3.8, 4) is 0 Å². The van der Waals surface area contributed by atoms with Crippen LogP contribution in [-0.4, -0.2) is 10.9 Å². The van der Waals surface area contributed by atoms with Crippen LogP contribution in [0.25, 0.3) is 0 Å². The zero-order chi connectivity index (χ0) is 13.1. The van der Waals surface area contributed by atoms with Crippen LogP contribution in [0.2, 0.25) is 0 Å². The van der Waals surface area contributed by atoms with E-state index < -0.39 is 5.91 Å². The average molecular weight is 262 g/mol. The minimum Gasteiger partial charge on any atom is -0.397 e. The Hall–Kier alpha value is -2.08. The highest BCUT2D eigenvalue weighted by molar-refractivity contribution is 7.07. The van der Waals surface area contributed by atoms with Crippen molar-refractivity contribution in [3.05, 3.63) is 40.2 Å². The zero-order valence-corrected chi connectivity index (χ0v) is 10.7. The van der Waals surface area contributed by atoms with Crippen LogP contribution < -0.4 is 16.8 Å². The van der Waals surface area contributed by atoms with Crippen molar-refractivity contribution in [1.82, 2.24) is 4.98 Å². The maximum atomic E-state index is 11.3. The number of nitrogens with two attached hydrogens (primary N) is 2. The summed E-state index contributed by atoms with van der Waals surface area (Å²) in [7, 11) is 0. The molecule has 0 radical (unpaired) electrons. The lowest BCUT2D eigenvalue weighted by molar-refractivity contribution is 0.100. The monoisotopic (exact) mass is 262 g/mol. The molecule has 0 saturated heterocycles. The maximum Gasteiger partial charge on any atom is 0.252 e. The molecule has 94 valence electrons. The number of carbonyl (C=O) groups is 1. The van der Waals surface area contributed by atoms with Gasteiger partial charge in [0.15, 0.2) is 0 Å². The van der Waals surface area contributed by atoms with Crippen molar-refractivity contribution in [2.24, 2.45) is 5.73 Å². The van der Waals surface area contributed by atoms with Gasteiger partial charge in [-0.15, -0.1) is 0 Å². The number of rotatable bonds is 4. The summed E-state index contributed by atoms with van der Waals surface area (Å²) in [5, 5.41) is 7.20. The lowest BCUT2D eigenvalue weighted by Gasteiger charge is -2.15. The molecule has 2 aromatic rings. The molecule has 0 spiro atoms. The molecule has 2 heterocycles.